The SMILES string of the molecule is Cc1ccc(NC(=O)Cc2csc(-c3ccccc3)n2)cc1S(N)(=O)=O. The lowest BCUT2D eigenvalue weighted by atomic mass is 10.2. The van der Waals surface area contributed by atoms with Crippen LogP contribution in [-0.2, 0) is 21.2 Å². The summed E-state index contributed by atoms with van der Waals surface area (Å²) < 4.78 is 23.2. The number of amides is 1. The van der Waals surface area contributed by atoms with E-state index in [1.165, 1.54) is 17.4 Å². The number of nitrogens with zero attached hydrogens (tertiary/aromatic N) is 1. The van der Waals surface area contributed by atoms with Gasteiger partial charge in [0.2, 0.25) is 15.9 Å². The second-order valence-electron chi connectivity index (χ2n) is 5.76. The first kappa shape index (κ1) is 18.2. The van der Waals surface area contributed by atoms with E-state index in [-0.39, 0.29) is 17.2 Å². The number of aromatic nitrogens is 1. The Bertz CT molecular complexity index is 1040. The Hall–Kier alpha value is -2.55. The number of hydrogen-bond donors (Lipinski definition) is 2. The molecular formula is C18H17N3O3S2. The molecule has 1 amide bonds. The van der Waals surface area contributed by atoms with Gasteiger partial charge >= 0.3 is 0 Å². The second-order valence-corrected chi connectivity index (χ2v) is 8.15. The van der Waals surface area contributed by atoms with E-state index in [1.54, 1.807) is 19.1 Å². The van der Waals surface area contributed by atoms with Gasteiger partial charge in [0, 0.05) is 16.6 Å². The highest BCUT2D eigenvalue weighted by Gasteiger charge is 2.14. The highest BCUT2D eigenvalue weighted by Crippen LogP contribution is 2.24. The maximum absolute atomic E-state index is 12.2. The van der Waals surface area contributed by atoms with Crippen molar-refractivity contribution >= 4 is 33.0 Å². The Kier molecular flexibility index (Phi) is 5.17. The molecule has 0 aliphatic heterocycles. The van der Waals surface area contributed by atoms with Crippen molar-refractivity contribution in [2.75, 3.05) is 5.32 Å². The first-order valence-electron chi connectivity index (χ1n) is 7.76. The minimum atomic E-state index is -3.84. The van der Waals surface area contributed by atoms with Gasteiger partial charge in [-0.05, 0) is 24.6 Å². The maximum atomic E-state index is 12.2. The van der Waals surface area contributed by atoms with E-state index in [0.29, 0.717) is 16.9 Å². The van der Waals surface area contributed by atoms with Gasteiger partial charge in [-0.3, -0.25) is 4.79 Å². The van der Waals surface area contributed by atoms with E-state index in [1.807, 2.05) is 35.7 Å². The molecule has 26 heavy (non-hydrogen) atoms. The molecule has 0 spiro atoms. The summed E-state index contributed by atoms with van der Waals surface area (Å²) in [6.07, 6.45) is 0.0991. The van der Waals surface area contributed by atoms with Crippen LogP contribution in [-0.4, -0.2) is 19.3 Å². The molecule has 0 saturated heterocycles. The number of thiazole rings is 1. The fraction of sp³-hybridized carbons (Fsp3) is 0.111. The molecule has 0 atom stereocenters. The van der Waals surface area contributed by atoms with Crippen LogP contribution in [0.25, 0.3) is 10.6 Å². The zero-order valence-corrected chi connectivity index (χ0v) is 15.6. The Morgan fingerprint density at radius 1 is 1.19 bits per heavy atom. The van der Waals surface area contributed by atoms with E-state index in [4.69, 9.17) is 5.14 Å². The predicted octanol–water partition coefficient (Wildman–Crippen LogP) is 2.95. The summed E-state index contributed by atoms with van der Waals surface area (Å²) in [6, 6.07) is 14.3. The van der Waals surface area contributed by atoms with Crippen molar-refractivity contribution in [1.29, 1.82) is 0 Å². The Morgan fingerprint density at radius 3 is 2.62 bits per heavy atom. The number of carbonyl (C=O) groups is 1. The predicted molar refractivity (Wildman–Crippen MR) is 102 cm³/mol. The lowest BCUT2D eigenvalue weighted by molar-refractivity contribution is -0.115. The second kappa shape index (κ2) is 7.36. The van der Waals surface area contributed by atoms with Crippen molar-refractivity contribution in [2.45, 2.75) is 18.2 Å². The van der Waals surface area contributed by atoms with Gasteiger partial charge < -0.3 is 5.32 Å². The molecule has 6 nitrogen and oxygen atoms in total. The van der Waals surface area contributed by atoms with Crippen LogP contribution in [0.3, 0.4) is 0 Å². The fourth-order valence-corrected chi connectivity index (χ4v) is 4.09. The van der Waals surface area contributed by atoms with Gasteiger partial charge in [0.15, 0.2) is 0 Å². The molecule has 3 N–H and O–H groups in total. The Morgan fingerprint density at radius 2 is 1.92 bits per heavy atom. The van der Waals surface area contributed by atoms with Gasteiger partial charge in [0.1, 0.15) is 5.01 Å². The number of rotatable bonds is 5. The minimum Gasteiger partial charge on any atom is -0.326 e. The van der Waals surface area contributed by atoms with Crippen molar-refractivity contribution in [3.8, 4) is 10.6 Å². The molecule has 0 bridgehead atoms. The summed E-state index contributed by atoms with van der Waals surface area (Å²) in [7, 11) is -3.84. The molecular weight excluding hydrogens is 370 g/mol. The number of anilines is 1. The van der Waals surface area contributed by atoms with Crippen LogP contribution in [0.1, 0.15) is 11.3 Å². The molecule has 1 heterocycles. The quantitative estimate of drug-likeness (QED) is 0.702. The summed E-state index contributed by atoms with van der Waals surface area (Å²) >= 11 is 1.47. The Labute approximate surface area is 155 Å². The van der Waals surface area contributed by atoms with Crippen LogP contribution in [0.2, 0.25) is 0 Å². The number of primary sulfonamides is 1. The molecule has 0 saturated carbocycles. The Balaban J connectivity index is 1.71. The van der Waals surface area contributed by atoms with Crippen molar-refractivity contribution in [3.63, 3.8) is 0 Å². The highest BCUT2D eigenvalue weighted by atomic mass is 32.2. The molecule has 3 aromatic rings. The fourth-order valence-electron chi connectivity index (χ4n) is 2.46. The largest absolute Gasteiger partial charge is 0.326 e. The normalized spacial score (nSPS) is 11.3. The molecule has 2 aromatic carbocycles. The third-order valence-electron chi connectivity index (χ3n) is 3.69. The summed E-state index contributed by atoms with van der Waals surface area (Å²) in [5.74, 6) is -0.279. The number of hydrogen-bond acceptors (Lipinski definition) is 5. The van der Waals surface area contributed by atoms with Crippen LogP contribution in [0.15, 0.2) is 58.8 Å². The molecule has 8 heteroatoms. The van der Waals surface area contributed by atoms with Crippen molar-refractivity contribution in [2.24, 2.45) is 5.14 Å². The van der Waals surface area contributed by atoms with Gasteiger partial charge in [0.25, 0.3) is 0 Å². The van der Waals surface area contributed by atoms with Crippen LogP contribution in [0, 0.1) is 6.92 Å². The summed E-state index contributed by atoms with van der Waals surface area (Å²) in [5.41, 5.74) is 2.56. The number of aryl methyl sites for hydroxylation is 1. The molecule has 3 rings (SSSR count). The summed E-state index contributed by atoms with van der Waals surface area (Å²) in [4.78, 5) is 16.7. The monoisotopic (exact) mass is 387 g/mol. The number of sulfonamides is 1. The van der Waals surface area contributed by atoms with Gasteiger partial charge in [-0.1, -0.05) is 36.4 Å². The third-order valence-corrected chi connectivity index (χ3v) is 5.69. The van der Waals surface area contributed by atoms with E-state index >= 15 is 0 Å². The average molecular weight is 387 g/mol. The topological polar surface area (TPSA) is 102 Å². The number of carbonyl (C=O) groups excluding carboxylic acids is 1. The van der Waals surface area contributed by atoms with E-state index < -0.39 is 10.0 Å². The van der Waals surface area contributed by atoms with Crippen LogP contribution < -0.4 is 10.5 Å². The van der Waals surface area contributed by atoms with Crippen LogP contribution >= 0.6 is 11.3 Å². The minimum absolute atomic E-state index is 0.00433. The van der Waals surface area contributed by atoms with E-state index in [0.717, 1.165) is 10.6 Å². The lowest BCUT2D eigenvalue weighted by Gasteiger charge is -2.08. The number of benzene rings is 2. The molecule has 0 unspecified atom stereocenters. The molecule has 0 aliphatic rings. The van der Waals surface area contributed by atoms with E-state index in [9.17, 15) is 13.2 Å². The zero-order chi connectivity index (χ0) is 18.7. The van der Waals surface area contributed by atoms with Crippen molar-refractivity contribution in [1.82, 2.24) is 4.98 Å². The third kappa shape index (κ3) is 4.34. The maximum Gasteiger partial charge on any atom is 0.238 e. The van der Waals surface area contributed by atoms with Gasteiger partial charge in [-0.2, -0.15) is 0 Å². The smallest absolute Gasteiger partial charge is 0.238 e. The number of nitrogens with one attached hydrogen (secondary N) is 1. The van der Waals surface area contributed by atoms with Gasteiger partial charge in [0.05, 0.1) is 17.0 Å². The van der Waals surface area contributed by atoms with Crippen molar-refractivity contribution in [3.05, 3.63) is 65.2 Å². The lowest BCUT2D eigenvalue weighted by Crippen LogP contribution is -2.17. The van der Waals surface area contributed by atoms with E-state index in [2.05, 4.69) is 10.3 Å². The average Bonchev–Trinajstić information content (AvgIpc) is 3.05. The van der Waals surface area contributed by atoms with Gasteiger partial charge in [-0.25, -0.2) is 18.5 Å². The van der Waals surface area contributed by atoms with Gasteiger partial charge in [-0.15, -0.1) is 11.3 Å². The highest BCUT2D eigenvalue weighted by molar-refractivity contribution is 7.89. The molecule has 0 aliphatic carbocycles. The number of nitrogens with two attached hydrogens (primary N) is 1. The zero-order valence-electron chi connectivity index (χ0n) is 14.0. The first-order chi connectivity index (χ1) is 12.3. The molecule has 134 valence electrons. The molecule has 0 fully saturated rings. The van der Waals surface area contributed by atoms with Crippen LogP contribution in [0.5, 0.6) is 0 Å². The molecule has 0 radical (unpaired) electrons. The van der Waals surface area contributed by atoms with Crippen molar-refractivity contribution < 1.29 is 13.2 Å². The standard InChI is InChI=1S/C18H17N3O3S2/c1-12-7-8-14(9-16(12)26(19,23)24)20-17(22)10-15-11-25-18(21-15)13-5-3-2-4-6-13/h2-9,11H,10H2,1H3,(H,20,22)(H2,19,23,24). The molecule has 1 aromatic heterocycles. The summed E-state index contributed by atoms with van der Waals surface area (Å²) in [6.45, 7) is 1.64. The van der Waals surface area contributed by atoms with Crippen LogP contribution in [0.4, 0.5) is 5.69 Å². The first-order valence-corrected chi connectivity index (χ1v) is 10.2. The summed E-state index contributed by atoms with van der Waals surface area (Å²) in [5, 5.41) is 10.6.